The van der Waals surface area contributed by atoms with Gasteiger partial charge >= 0.3 is 12.0 Å². The van der Waals surface area contributed by atoms with Crippen molar-refractivity contribution in [2.45, 2.75) is 31.7 Å². The minimum atomic E-state index is -0.494. The van der Waals surface area contributed by atoms with Gasteiger partial charge in [-0.25, -0.2) is 9.59 Å². The van der Waals surface area contributed by atoms with Crippen LogP contribution in [0.4, 0.5) is 10.5 Å². The number of halogens is 1. The Morgan fingerprint density at radius 3 is 2.44 bits per heavy atom. The molecule has 1 N–H and O–H groups in total. The molecule has 3 rings (SSSR count). The smallest absolute Gasteiger partial charge is 0.339 e. The lowest BCUT2D eigenvalue weighted by Crippen LogP contribution is -2.47. The highest BCUT2D eigenvalue weighted by Crippen LogP contribution is 2.24. The summed E-state index contributed by atoms with van der Waals surface area (Å²) in [4.78, 5) is 28.4. The van der Waals surface area contributed by atoms with Crippen molar-refractivity contribution in [3.63, 3.8) is 0 Å². The van der Waals surface area contributed by atoms with Crippen LogP contribution in [0.2, 0.25) is 5.02 Å². The highest BCUT2D eigenvalue weighted by atomic mass is 35.5. The van der Waals surface area contributed by atoms with E-state index in [0.29, 0.717) is 11.7 Å². The summed E-state index contributed by atoms with van der Waals surface area (Å²) in [5.74, 6) is -0.494. The molecule has 2 fully saturated rings. The number of anilines is 1. The fourth-order valence-corrected chi connectivity index (χ4v) is 3.87. The summed E-state index contributed by atoms with van der Waals surface area (Å²) < 4.78 is 4.66. The van der Waals surface area contributed by atoms with Crippen LogP contribution >= 0.6 is 11.6 Å². The van der Waals surface area contributed by atoms with Gasteiger partial charge in [-0.1, -0.05) is 11.6 Å². The van der Waals surface area contributed by atoms with Crippen LogP contribution in [-0.2, 0) is 4.74 Å². The minimum Gasteiger partial charge on any atom is -0.465 e. The van der Waals surface area contributed by atoms with Crippen molar-refractivity contribution in [2.24, 2.45) is 0 Å². The number of ether oxygens (including phenoxy) is 1. The Morgan fingerprint density at radius 2 is 1.84 bits per heavy atom. The molecule has 2 heterocycles. The average Bonchev–Trinajstić information content (AvgIpc) is 3.16. The predicted octanol–water partition coefficient (Wildman–Crippen LogP) is 3.22. The third kappa shape index (κ3) is 4.25. The molecular weight excluding hydrogens is 342 g/mol. The van der Waals surface area contributed by atoms with Crippen LogP contribution in [0.5, 0.6) is 0 Å². The first kappa shape index (κ1) is 18.0. The Labute approximate surface area is 153 Å². The van der Waals surface area contributed by atoms with Crippen molar-refractivity contribution < 1.29 is 14.3 Å². The Hall–Kier alpha value is -1.79. The zero-order chi connectivity index (χ0) is 17.8. The van der Waals surface area contributed by atoms with Crippen molar-refractivity contribution in [1.82, 2.24) is 9.80 Å². The number of rotatable bonds is 3. The lowest BCUT2D eigenvalue weighted by Gasteiger charge is -2.36. The van der Waals surface area contributed by atoms with Crippen LogP contribution in [0, 0.1) is 0 Å². The molecule has 2 saturated heterocycles. The van der Waals surface area contributed by atoms with Crippen molar-refractivity contribution >= 4 is 29.3 Å². The van der Waals surface area contributed by atoms with E-state index in [1.54, 1.807) is 18.2 Å². The molecular formula is C18H24ClN3O3. The molecule has 0 radical (unpaired) electrons. The summed E-state index contributed by atoms with van der Waals surface area (Å²) in [6, 6.07) is 5.28. The Morgan fingerprint density at radius 1 is 1.16 bits per heavy atom. The molecule has 2 aliphatic heterocycles. The second kappa shape index (κ2) is 8.06. The molecule has 0 atom stereocenters. The molecule has 25 heavy (non-hydrogen) atoms. The lowest BCUT2D eigenvalue weighted by atomic mass is 10.0. The standard InChI is InChI=1S/C18H24ClN3O3/c1-25-17(23)15-5-4-13(12-16(15)19)20-18(24)22-10-6-14(7-11-22)21-8-2-3-9-21/h4-5,12,14H,2-3,6-11H2,1H3,(H,20,24). The molecule has 0 aromatic heterocycles. The number of hydrogen-bond acceptors (Lipinski definition) is 4. The van der Waals surface area contributed by atoms with Gasteiger partial charge in [0.15, 0.2) is 0 Å². The number of carbonyl (C=O) groups excluding carboxylic acids is 2. The molecule has 0 saturated carbocycles. The van der Waals surface area contributed by atoms with Gasteiger partial charge in [0.1, 0.15) is 0 Å². The number of benzene rings is 1. The van der Waals surface area contributed by atoms with Gasteiger partial charge in [0.05, 0.1) is 17.7 Å². The number of nitrogens with one attached hydrogen (secondary N) is 1. The SMILES string of the molecule is COC(=O)c1ccc(NC(=O)N2CCC(N3CCCC3)CC2)cc1Cl. The second-order valence-electron chi connectivity index (χ2n) is 6.58. The van der Waals surface area contributed by atoms with Gasteiger partial charge in [-0.3, -0.25) is 0 Å². The summed E-state index contributed by atoms with van der Waals surface area (Å²) in [5.41, 5.74) is 0.859. The van der Waals surface area contributed by atoms with E-state index in [-0.39, 0.29) is 16.6 Å². The largest absolute Gasteiger partial charge is 0.465 e. The van der Waals surface area contributed by atoms with Crippen molar-refractivity contribution in [2.75, 3.05) is 38.6 Å². The van der Waals surface area contributed by atoms with Crippen LogP contribution in [0.1, 0.15) is 36.0 Å². The monoisotopic (exact) mass is 365 g/mol. The van der Waals surface area contributed by atoms with E-state index in [9.17, 15) is 9.59 Å². The zero-order valence-corrected chi connectivity index (χ0v) is 15.2. The number of piperidine rings is 1. The second-order valence-corrected chi connectivity index (χ2v) is 6.98. The normalized spacial score (nSPS) is 19.0. The maximum absolute atomic E-state index is 12.4. The first-order valence-corrected chi connectivity index (χ1v) is 9.14. The number of nitrogens with zero attached hydrogens (tertiary/aromatic N) is 2. The average molecular weight is 366 g/mol. The highest BCUT2D eigenvalue weighted by molar-refractivity contribution is 6.33. The van der Waals surface area contributed by atoms with E-state index in [4.69, 9.17) is 11.6 Å². The maximum atomic E-state index is 12.4. The van der Waals surface area contributed by atoms with E-state index >= 15 is 0 Å². The first-order valence-electron chi connectivity index (χ1n) is 8.76. The van der Waals surface area contributed by atoms with Gasteiger partial charge in [0.25, 0.3) is 0 Å². The summed E-state index contributed by atoms with van der Waals surface area (Å²) in [7, 11) is 1.31. The molecule has 7 heteroatoms. The highest BCUT2D eigenvalue weighted by Gasteiger charge is 2.28. The number of esters is 1. The molecule has 1 aromatic rings. The van der Waals surface area contributed by atoms with E-state index in [0.717, 1.165) is 25.9 Å². The number of hydrogen-bond donors (Lipinski definition) is 1. The van der Waals surface area contributed by atoms with Gasteiger partial charge in [-0.15, -0.1) is 0 Å². The number of carbonyl (C=O) groups is 2. The minimum absolute atomic E-state index is 0.123. The van der Waals surface area contributed by atoms with Gasteiger partial charge in [-0.05, 0) is 57.0 Å². The molecule has 6 nitrogen and oxygen atoms in total. The van der Waals surface area contributed by atoms with Gasteiger partial charge in [0, 0.05) is 24.8 Å². The molecule has 0 spiro atoms. The third-order valence-corrected chi connectivity index (χ3v) is 5.35. The molecule has 0 bridgehead atoms. The number of amides is 2. The Kier molecular flexibility index (Phi) is 5.81. The lowest BCUT2D eigenvalue weighted by molar-refractivity contribution is 0.0601. The number of methoxy groups -OCH3 is 1. The van der Waals surface area contributed by atoms with Crippen molar-refractivity contribution in [3.05, 3.63) is 28.8 Å². The summed E-state index contributed by atoms with van der Waals surface area (Å²) in [6.07, 6.45) is 4.64. The van der Waals surface area contributed by atoms with E-state index in [2.05, 4.69) is 15.0 Å². The van der Waals surface area contributed by atoms with Gasteiger partial charge < -0.3 is 19.9 Å². The van der Waals surface area contributed by atoms with Crippen LogP contribution in [0.25, 0.3) is 0 Å². The molecule has 2 aliphatic rings. The summed E-state index contributed by atoms with van der Waals surface area (Å²) in [5, 5.41) is 3.12. The molecule has 0 aliphatic carbocycles. The Balaban J connectivity index is 1.54. The fraction of sp³-hybridized carbons (Fsp3) is 0.556. The van der Waals surface area contributed by atoms with Crippen LogP contribution in [-0.4, -0.2) is 61.1 Å². The van der Waals surface area contributed by atoms with E-state index in [1.807, 2.05) is 4.90 Å². The van der Waals surface area contributed by atoms with Crippen LogP contribution in [0.3, 0.4) is 0 Å². The summed E-state index contributed by atoms with van der Waals surface area (Å²) in [6.45, 7) is 3.92. The quantitative estimate of drug-likeness (QED) is 0.835. The maximum Gasteiger partial charge on any atom is 0.339 e. The van der Waals surface area contributed by atoms with Gasteiger partial charge in [-0.2, -0.15) is 0 Å². The van der Waals surface area contributed by atoms with E-state index < -0.39 is 5.97 Å². The first-order chi connectivity index (χ1) is 12.1. The van der Waals surface area contributed by atoms with E-state index in [1.165, 1.54) is 33.0 Å². The fourth-order valence-electron chi connectivity index (χ4n) is 3.61. The predicted molar refractivity (Wildman–Crippen MR) is 97.2 cm³/mol. The van der Waals surface area contributed by atoms with Crippen LogP contribution in [0.15, 0.2) is 18.2 Å². The molecule has 136 valence electrons. The molecule has 2 amide bonds. The number of likely N-dealkylation sites (tertiary alicyclic amines) is 2. The van der Waals surface area contributed by atoms with Crippen molar-refractivity contribution in [3.8, 4) is 0 Å². The van der Waals surface area contributed by atoms with Gasteiger partial charge in [0.2, 0.25) is 0 Å². The molecule has 1 aromatic carbocycles. The topological polar surface area (TPSA) is 61.9 Å². The third-order valence-electron chi connectivity index (χ3n) is 5.03. The Bertz CT molecular complexity index is 638. The van der Waals surface area contributed by atoms with Crippen molar-refractivity contribution in [1.29, 1.82) is 0 Å². The van der Waals surface area contributed by atoms with Crippen LogP contribution < -0.4 is 5.32 Å². The summed E-state index contributed by atoms with van der Waals surface area (Å²) >= 11 is 6.09. The zero-order valence-electron chi connectivity index (χ0n) is 14.5. The molecule has 0 unspecified atom stereocenters. The number of urea groups is 1.